The molecule has 5 nitrogen and oxygen atoms in total. The lowest BCUT2D eigenvalue weighted by Crippen LogP contribution is -2.27. The maximum absolute atomic E-state index is 12.0. The van der Waals surface area contributed by atoms with Gasteiger partial charge in [0, 0.05) is 18.9 Å². The summed E-state index contributed by atoms with van der Waals surface area (Å²) >= 11 is 0. The van der Waals surface area contributed by atoms with E-state index in [0.717, 1.165) is 24.4 Å². The number of rotatable bonds is 6. The summed E-state index contributed by atoms with van der Waals surface area (Å²) in [5.74, 6) is -0.0890. The molecule has 2 heterocycles. The Morgan fingerprint density at radius 2 is 1.95 bits per heavy atom. The standard InChI is InChI=1S/C16H20N4O/c1-20(2)11-5-10-18-16(21)13-7-8-15(19-12-13)14-6-3-4-9-17-14/h3-4,6-9,12H,5,10-11H2,1-2H3,(H,18,21). The molecule has 0 radical (unpaired) electrons. The second-order valence-electron chi connectivity index (χ2n) is 5.06. The van der Waals surface area contributed by atoms with Crippen LogP contribution in [0.15, 0.2) is 42.7 Å². The lowest BCUT2D eigenvalue weighted by molar-refractivity contribution is 0.0952. The van der Waals surface area contributed by atoms with Crippen LogP contribution in [-0.4, -0.2) is 48.0 Å². The van der Waals surface area contributed by atoms with E-state index < -0.39 is 0 Å². The highest BCUT2D eigenvalue weighted by Crippen LogP contribution is 2.13. The zero-order chi connectivity index (χ0) is 15.1. The van der Waals surface area contributed by atoms with Crippen molar-refractivity contribution >= 4 is 5.91 Å². The molecule has 0 fully saturated rings. The first kappa shape index (κ1) is 15.1. The van der Waals surface area contributed by atoms with Gasteiger partial charge in [0.05, 0.1) is 17.0 Å². The molecule has 2 aromatic rings. The highest BCUT2D eigenvalue weighted by molar-refractivity contribution is 5.94. The Kier molecular flexibility index (Phi) is 5.40. The van der Waals surface area contributed by atoms with Gasteiger partial charge >= 0.3 is 0 Å². The molecular formula is C16H20N4O. The number of nitrogens with one attached hydrogen (secondary N) is 1. The molecule has 0 bridgehead atoms. The topological polar surface area (TPSA) is 58.1 Å². The highest BCUT2D eigenvalue weighted by Gasteiger charge is 2.06. The van der Waals surface area contributed by atoms with Crippen molar-refractivity contribution in [1.82, 2.24) is 20.2 Å². The number of pyridine rings is 2. The molecule has 21 heavy (non-hydrogen) atoms. The zero-order valence-electron chi connectivity index (χ0n) is 12.4. The zero-order valence-corrected chi connectivity index (χ0v) is 12.4. The molecule has 0 saturated heterocycles. The van der Waals surface area contributed by atoms with E-state index in [2.05, 4.69) is 20.2 Å². The van der Waals surface area contributed by atoms with E-state index in [1.54, 1.807) is 18.5 Å². The third kappa shape index (κ3) is 4.65. The maximum Gasteiger partial charge on any atom is 0.252 e. The smallest absolute Gasteiger partial charge is 0.252 e. The van der Waals surface area contributed by atoms with E-state index >= 15 is 0 Å². The number of carbonyl (C=O) groups excluding carboxylic acids is 1. The van der Waals surface area contributed by atoms with Gasteiger partial charge in [-0.15, -0.1) is 0 Å². The van der Waals surface area contributed by atoms with E-state index in [1.807, 2.05) is 38.4 Å². The quantitative estimate of drug-likeness (QED) is 0.822. The van der Waals surface area contributed by atoms with E-state index in [4.69, 9.17) is 0 Å². The molecule has 1 N–H and O–H groups in total. The lowest BCUT2D eigenvalue weighted by Gasteiger charge is -2.10. The number of aromatic nitrogens is 2. The Bertz CT molecular complexity index is 567. The molecular weight excluding hydrogens is 264 g/mol. The molecule has 0 unspecified atom stereocenters. The van der Waals surface area contributed by atoms with Crippen molar-refractivity contribution in [3.8, 4) is 11.4 Å². The van der Waals surface area contributed by atoms with Crippen molar-refractivity contribution in [1.29, 1.82) is 0 Å². The number of nitrogens with zero attached hydrogens (tertiary/aromatic N) is 3. The summed E-state index contributed by atoms with van der Waals surface area (Å²) in [4.78, 5) is 22.6. The summed E-state index contributed by atoms with van der Waals surface area (Å²) in [6.45, 7) is 1.62. The van der Waals surface area contributed by atoms with Gasteiger partial charge in [-0.25, -0.2) is 0 Å². The minimum atomic E-state index is -0.0890. The van der Waals surface area contributed by atoms with Crippen LogP contribution in [0.5, 0.6) is 0 Å². The van der Waals surface area contributed by atoms with Gasteiger partial charge in [-0.3, -0.25) is 14.8 Å². The predicted molar refractivity (Wildman–Crippen MR) is 83.0 cm³/mol. The first-order chi connectivity index (χ1) is 10.2. The van der Waals surface area contributed by atoms with Crippen molar-refractivity contribution < 1.29 is 4.79 Å². The minimum absolute atomic E-state index is 0.0890. The fourth-order valence-electron chi connectivity index (χ4n) is 1.89. The van der Waals surface area contributed by atoms with E-state index in [-0.39, 0.29) is 5.91 Å². The van der Waals surface area contributed by atoms with Crippen molar-refractivity contribution in [2.75, 3.05) is 27.2 Å². The Labute approximate surface area is 125 Å². The molecule has 2 aromatic heterocycles. The van der Waals surface area contributed by atoms with Crippen LogP contribution in [0.2, 0.25) is 0 Å². The third-order valence-electron chi connectivity index (χ3n) is 3.02. The SMILES string of the molecule is CN(C)CCCNC(=O)c1ccc(-c2ccccn2)nc1. The monoisotopic (exact) mass is 284 g/mol. The molecule has 0 aliphatic carbocycles. The number of carbonyl (C=O) groups is 1. The van der Waals surface area contributed by atoms with Gasteiger partial charge in [0.2, 0.25) is 0 Å². The van der Waals surface area contributed by atoms with Crippen molar-refractivity contribution in [3.05, 3.63) is 48.3 Å². The second kappa shape index (κ2) is 7.50. The minimum Gasteiger partial charge on any atom is -0.352 e. The Morgan fingerprint density at radius 1 is 1.14 bits per heavy atom. The molecule has 0 aromatic carbocycles. The van der Waals surface area contributed by atoms with Gasteiger partial charge < -0.3 is 10.2 Å². The van der Waals surface area contributed by atoms with Crippen LogP contribution in [0.3, 0.4) is 0 Å². The van der Waals surface area contributed by atoms with E-state index in [0.29, 0.717) is 12.1 Å². The number of hydrogen-bond acceptors (Lipinski definition) is 4. The van der Waals surface area contributed by atoms with Crippen LogP contribution >= 0.6 is 0 Å². The van der Waals surface area contributed by atoms with Gasteiger partial charge in [-0.1, -0.05) is 6.07 Å². The van der Waals surface area contributed by atoms with E-state index in [9.17, 15) is 4.79 Å². The molecule has 0 atom stereocenters. The molecule has 5 heteroatoms. The average molecular weight is 284 g/mol. The Morgan fingerprint density at radius 3 is 2.57 bits per heavy atom. The van der Waals surface area contributed by atoms with Crippen LogP contribution in [0, 0.1) is 0 Å². The summed E-state index contributed by atoms with van der Waals surface area (Å²) < 4.78 is 0. The molecule has 0 aliphatic heterocycles. The number of amides is 1. The van der Waals surface area contributed by atoms with Gasteiger partial charge in [0.15, 0.2) is 0 Å². The molecule has 1 amide bonds. The average Bonchev–Trinajstić information content (AvgIpc) is 2.52. The first-order valence-electron chi connectivity index (χ1n) is 6.97. The van der Waals surface area contributed by atoms with Gasteiger partial charge in [-0.2, -0.15) is 0 Å². The molecule has 0 aliphatic rings. The molecule has 0 saturated carbocycles. The van der Waals surface area contributed by atoms with Gasteiger partial charge in [0.1, 0.15) is 0 Å². The second-order valence-corrected chi connectivity index (χ2v) is 5.06. The van der Waals surface area contributed by atoms with Crippen LogP contribution in [0.25, 0.3) is 11.4 Å². The Hall–Kier alpha value is -2.27. The summed E-state index contributed by atoms with van der Waals surface area (Å²) in [6, 6.07) is 9.26. The summed E-state index contributed by atoms with van der Waals surface area (Å²) in [5.41, 5.74) is 2.13. The van der Waals surface area contributed by atoms with Gasteiger partial charge in [0.25, 0.3) is 5.91 Å². The first-order valence-corrected chi connectivity index (χ1v) is 6.97. The number of hydrogen-bond donors (Lipinski definition) is 1. The Balaban J connectivity index is 1.91. The van der Waals surface area contributed by atoms with Crippen LogP contribution in [0.4, 0.5) is 0 Å². The van der Waals surface area contributed by atoms with Crippen LogP contribution in [-0.2, 0) is 0 Å². The summed E-state index contributed by atoms with van der Waals surface area (Å²) in [5, 5.41) is 2.89. The molecule has 0 spiro atoms. The summed E-state index contributed by atoms with van der Waals surface area (Å²) in [7, 11) is 4.03. The lowest BCUT2D eigenvalue weighted by atomic mass is 10.2. The van der Waals surface area contributed by atoms with Crippen LogP contribution in [0.1, 0.15) is 16.8 Å². The predicted octanol–water partition coefficient (Wildman–Crippen LogP) is 1.83. The van der Waals surface area contributed by atoms with E-state index in [1.165, 1.54) is 0 Å². The van der Waals surface area contributed by atoms with Crippen molar-refractivity contribution in [3.63, 3.8) is 0 Å². The third-order valence-corrected chi connectivity index (χ3v) is 3.02. The van der Waals surface area contributed by atoms with Crippen molar-refractivity contribution in [2.24, 2.45) is 0 Å². The normalized spacial score (nSPS) is 10.6. The molecule has 2 rings (SSSR count). The maximum atomic E-state index is 12.0. The fourth-order valence-corrected chi connectivity index (χ4v) is 1.89. The summed E-state index contributed by atoms with van der Waals surface area (Å²) in [6.07, 6.45) is 4.24. The van der Waals surface area contributed by atoms with Crippen LogP contribution < -0.4 is 5.32 Å². The fraction of sp³-hybridized carbons (Fsp3) is 0.312. The highest BCUT2D eigenvalue weighted by atomic mass is 16.1. The largest absolute Gasteiger partial charge is 0.352 e. The van der Waals surface area contributed by atoms with Gasteiger partial charge in [-0.05, 0) is 51.3 Å². The van der Waals surface area contributed by atoms with Crippen molar-refractivity contribution in [2.45, 2.75) is 6.42 Å². The molecule has 110 valence electrons.